The van der Waals surface area contributed by atoms with Crippen molar-refractivity contribution in [3.05, 3.63) is 52.3 Å². The molecule has 0 saturated carbocycles. The van der Waals surface area contributed by atoms with E-state index in [9.17, 15) is 26.9 Å². The number of piperidine rings is 1. The van der Waals surface area contributed by atoms with Gasteiger partial charge in [-0.3, -0.25) is 9.80 Å². The molecule has 0 aliphatic carbocycles. The average Bonchev–Trinajstić information content (AvgIpc) is 3.66. The first-order valence-electron chi connectivity index (χ1n) is 17.1. The molecule has 4 aromatic rings. The highest BCUT2D eigenvalue weighted by Crippen LogP contribution is 2.33. The molecule has 1 atom stereocenters. The maximum absolute atomic E-state index is 13.0. The number of halogens is 3. The van der Waals surface area contributed by atoms with Crippen LogP contribution in [0.5, 0.6) is 0 Å². The Morgan fingerprint density at radius 3 is 2.50 bits per heavy atom. The van der Waals surface area contributed by atoms with Gasteiger partial charge < -0.3 is 9.88 Å². The Bertz CT molecular complexity index is 1960. The van der Waals surface area contributed by atoms with Crippen LogP contribution in [0.3, 0.4) is 0 Å². The summed E-state index contributed by atoms with van der Waals surface area (Å²) in [5.41, 5.74) is 3.99. The molecule has 0 radical (unpaired) electrons. The van der Waals surface area contributed by atoms with Crippen molar-refractivity contribution < 1.29 is 21.6 Å². The van der Waals surface area contributed by atoms with E-state index in [1.54, 1.807) is 6.07 Å². The van der Waals surface area contributed by atoms with Gasteiger partial charge in [0.05, 0.1) is 11.8 Å². The Morgan fingerprint density at radius 1 is 1.08 bits per heavy atom. The number of rotatable bonds is 12. The summed E-state index contributed by atoms with van der Waals surface area (Å²) in [5, 5.41) is 15.2. The summed E-state index contributed by atoms with van der Waals surface area (Å²) in [6.07, 6.45) is -1.35. The maximum atomic E-state index is 13.0. The third kappa shape index (κ3) is 8.24. The van der Waals surface area contributed by atoms with E-state index in [4.69, 9.17) is 0 Å². The number of nitrogens with zero attached hydrogens (tertiary/aromatic N) is 7. The summed E-state index contributed by atoms with van der Waals surface area (Å²) in [7, 11) is -3.46. The van der Waals surface area contributed by atoms with E-state index >= 15 is 0 Å². The standard InChI is InChI=1S/C34H44F3N9O2S2/c1-4-9-41-50(47,48)45-14-12-44(13-15-45)23(2)20-46-27(19-38)16-29-24(3)25(5-6-31(29)46)21-43-10-7-26(8-11-43)42-32-30-17-28(18-34(35,36)37)49-33(30)40-22-39-32/h5-6,16-17,22-23,26,41H,4,7-15,18,20-21H2,1-3H3,(H,39,40,42)/t23-/m0/s1. The maximum Gasteiger partial charge on any atom is 0.393 e. The first kappa shape index (κ1) is 36.5. The molecule has 1 aromatic carbocycles. The molecule has 11 nitrogen and oxygen atoms in total. The Hall–Kier alpha value is -3.33. The Labute approximate surface area is 295 Å². The fraction of sp³-hybridized carbons (Fsp3) is 0.559. The summed E-state index contributed by atoms with van der Waals surface area (Å²) >= 11 is 1.06. The lowest BCUT2D eigenvalue weighted by Gasteiger charge is -2.37. The van der Waals surface area contributed by atoms with E-state index < -0.39 is 22.8 Å². The van der Waals surface area contributed by atoms with Gasteiger partial charge in [-0.25, -0.2) is 14.7 Å². The molecular weight excluding hydrogens is 688 g/mol. The van der Waals surface area contributed by atoms with Gasteiger partial charge in [-0.05, 0) is 62.4 Å². The zero-order valence-corrected chi connectivity index (χ0v) is 30.3. The second-order valence-electron chi connectivity index (χ2n) is 13.4. The lowest BCUT2D eigenvalue weighted by molar-refractivity contribution is -0.126. The number of fused-ring (bicyclic) bond motifs is 2. The van der Waals surface area contributed by atoms with Gasteiger partial charge in [0, 0.05) is 86.8 Å². The van der Waals surface area contributed by atoms with Gasteiger partial charge >= 0.3 is 6.18 Å². The molecule has 2 aliphatic rings. The Kier molecular flexibility index (Phi) is 11.0. The first-order valence-corrected chi connectivity index (χ1v) is 19.4. The number of alkyl halides is 3. The van der Waals surface area contributed by atoms with Crippen LogP contribution in [0, 0.1) is 18.3 Å². The van der Waals surface area contributed by atoms with Gasteiger partial charge in [0.1, 0.15) is 28.7 Å². The van der Waals surface area contributed by atoms with Gasteiger partial charge in [0.25, 0.3) is 10.2 Å². The van der Waals surface area contributed by atoms with Crippen LogP contribution in [0.4, 0.5) is 19.0 Å². The van der Waals surface area contributed by atoms with Crippen LogP contribution in [0.15, 0.2) is 30.6 Å². The van der Waals surface area contributed by atoms with Crippen molar-refractivity contribution in [1.29, 1.82) is 5.26 Å². The monoisotopic (exact) mass is 731 g/mol. The van der Waals surface area contributed by atoms with E-state index in [1.165, 1.54) is 16.2 Å². The van der Waals surface area contributed by atoms with E-state index in [1.807, 2.05) is 13.0 Å². The fourth-order valence-electron chi connectivity index (χ4n) is 7.04. The topological polar surface area (TPSA) is 122 Å². The number of benzene rings is 1. The number of aromatic nitrogens is 3. The lowest BCUT2D eigenvalue weighted by atomic mass is 10.0. The normalized spacial score (nSPS) is 18.2. The molecule has 50 heavy (non-hydrogen) atoms. The van der Waals surface area contributed by atoms with E-state index in [-0.39, 0.29) is 17.0 Å². The zero-order valence-electron chi connectivity index (χ0n) is 28.6. The fourth-order valence-corrected chi connectivity index (χ4v) is 9.36. The Morgan fingerprint density at radius 2 is 1.82 bits per heavy atom. The molecule has 0 bridgehead atoms. The van der Waals surface area contributed by atoms with Gasteiger partial charge in [0.15, 0.2) is 0 Å². The van der Waals surface area contributed by atoms with E-state index in [0.29, 0.717) is 61.0 Å². The number of aryl methyl sites for hydroxylation is 1. The second kappa shape index (κ2) is 15.1. The molecule has 0 amide bonds. The van der Waals surface area contributed by atoms with Gasteiger partial charge in [-0.2, -0.15) is 31.2 Å². The van der Waals surface area contributed by atoms with Crippen molar-refractivity contribution in [2.24, 2.45) is 0 Å². The average molecular weight is 732 g/mol. The van der Waals surface area contributed by atoms with Crippen molar-refractivity contribution >= 4 is 48.5 Å². The van der Waals surface area contributed by atoms with Gasteiger partial charge in [-0.1, -0.05) is 13.0 Å². The van der Waals surface area contributed by atoms with Crippen LogP contribution < -0.4 is 10.0 Å². The molecule has 270 valence electrons. The lowest BCUT2D eigenvalue weighted by Crippen LogP contribution is -2.54. The third-order valence-electron chi connectivity index (χ3n) is 9.88. The Balaban J connectivity index is 1.06. The number of nitrogens with one attached hydrogen (secondary N) is 2. The number of likely N-dealkylation sites (tertiary alicyclic amines) is 1. The highest BCUT2D eigenvalue weighted by Gasteiger charge is 2.31. The molecular formula is C34H44F3N9O2S2. The largest absolute Gasteiger partial charge is 0.393 e. The molecule has 2 N–H and O–H groups in total. The summed E-state index contributed by atoms with van der Waals surface area (Å²) in [6, 6.07) is 10.5. The van der Waals surface area contributed by atoms with Crippen LogP contribution in [0.2, 0.25) is 0 Å². The number of piperazine rings is 1. The molecule has 16 heteroatoms. The molecule has 2 saturated heterocycles. The SMILES string of the molecule is CCCNS(=O)(=O)N1CCN([C@@H](C)Cn2c(C#N)cc3c(C)c(CN4CCC(Nc5ncnc6sc(CC(F)(F)F)cc56)CC4)ccc32)CC1. The van der Waals surface area contributed by atoms with Crippen LogP contribution >= 0.6 is 11.3 Å². The molecule has 5 heterocycles. The highest BCUT2D eigenvalue weighted by atomic mass is 32.2. The minimum Gasteiger partial charge on any atom is -0.367 e. The smallest absolute Gasteiger partial charge is 0.367 e. The van der Waals surface area contributed by atoms with Crippen LogP contribution in [0.1, 0.15) is 54.8 Å². The van der Waals surface area contributed by atoms with Gasteiger partial charge in [0.2, 0.25) is 0 Å². The number of hydrogen-bond donors (Lipinski definition) is 2. The van der Waals surface area contributed by atoms with E-state index in [0.717, 1.165) is 66.7 Å². The molecule has 0 spiro atoms. The molecule has 6 rings (SSSR count). The van der Waals surface area contributed by atoms with E-state index in [2.05, 4.69) is 66.4 Å². The molecule has 3 aromatic heterocycles. The van der Waals surface area contributed by atoms with Gasteiger partial charge in [-0.15, -0.1) is 11.3 Å². The number of nitriles is 1. The minimum atomic E-state index is -4.27. The predicted octanol–water partition coefficient (Wildman–Crippen LogP) is 5.26. The quantitative estimate of drug-likeness (QED) is 0.203. The minimum absolute atomic E-state index is 0.112. The van der Waals surface area contributed by atoms with Crippen LogP contribution in [-0.4, -0.2) is 101 Å². The van der Waals surface area contributed by atoms with Crippen LogP contribution in [0.25, 0.3) is 21.1 Å². The molecule has 0 unspecified atom stereocenters. The summed E-state index contributed by atoms with van der Waals surface area (Å²) in [6.45, 7) is 11.9. The number of anilines is 1. The predicted molar refractivity (Wildman–Crippen MR) is 190 cm³/mol. The summed E-state index contributed by atoms with van der Waals surface area (Å²) < 4.78 is 70.3. The first-order chi connectivity index (χ1) is 23.8. The highest BCUT2D eigenvalue weighted by molar-refractivity contribution is 7.87. The summed E-state index contributed by atoms with van der Waals surface area (Å²) in [5.74, 6) is 0.585. The van der Waals surface area contributed by atoms with Crippen molar-refractivity contribution in [3.63, 3.8) is 0 Å². The number of hydrogen-bond acceptors (Lipinski definition) is 9. The number of thiophene rings is 1. The van der Waals surface area contributed by atoms with Crippen molar-refractivity contribution in [3.8, 4) is 6.07 Å². The van der Waals surface area contributed by atoms with Crippen LogP contribution in [-0.2, 0) is 29.7 Å². The van der Waals surface area contributed by atoms with Crippen molar-refractivity contribution in [2.45, 2.75) is 77.8 Å². The van der Waals surface area contributed by atoms with Crippen molar-refractivity contribution in [1.82, 2.24) is 33.4 Å². The summed E-state index contributed by atoms with van der Waals surface area (Å²) in [4.78, 5) is 14.0. The second-order valence-corrected chi connectivity index (χ2v) is 16.2. The third-order valence-corrected chi connectivity index (χ3v) is 12.5. The molecule has 2 aliphatic heterocycles. The van der Waals surface area contributed by atoms with Crippen molar-refractivity contribution in [2.75, 3.05) is 51.1 Å². The zero-order chi connectivity index (χ0) is 35.6. The molecule has 2 fully saturated rings.